The van der Waals surface area contributed by atoms with Crippen LogP contribution in [0.25, 0.3) is 5.65 Å². The molecule has 0 spiro atoms. The van der Waals surface area contributed by atoms with Crippen LogP contribution in [-0.4, -0.2) is 30.2 Å². The number of rotatable bonds is 3. The van der Waals surface area contributed by atoms with Gasteiger partial charge in [0.05, 0.1) is 12.4 Å². The lowest BCUT2D eigenvalue weighted by atomic mass is 10.3. The number of hydrogen-bond donors (Lipinski definition) is 3. The average molecular weight is 256 g/mol. The standard InChI is InChI=1S/C9H9N2O5P/c12-9(13)7-4-10-8-6(5-17(14,15)16)2-1-3-11(7)8/h1-4H,5H2,(H,12,13)(H2,14,15,16). The summed E-state index contributed by atoms with van der Waals surface area (Å²) < 4.78 is 12.2. The zero-order valence-corrected chi connectivity index (χ0v) is 9.41. The molecule has 0 saturated heterocycles. The fourth-order valence-electron chi connectivity index (χ4n) is 1.57. The molecule has 2 aromatic rings. The Hall–Kier alpha value is -1.69. The molecule has 0 atom stereocenters. The number of imidazole rings is 1. The van der Waals surface area contributed by atoms with E-state index in [0.717, 1.165) is 6.20 Å². The maximum atomic E-state index is 10.9. The fourth-order valence-corrected chi connectivity index (χ4v) is 2.26. The van der Waals surface area contributed by atoms with Gasteiger partial charge in [-0.1, -0.05) is 6.07 Å². The second-order valence-corrected chi connectivity index (χ2v) is 5.14. The van der Waals surface area contributed by atoms with Crippen LogP contribution in [0.15, 0.2) is 24.5 Å². The predicted molar refractivity (Wildman–Crippen MR) is 57.9 cm³/mol. The summed E-state index contributed by atoms with van der Waals surface area (Å²) in [6.07, 6.45) is 2.17. The Morgan fingerprint density at radius 2 is 2.18 bits per heavy atom. The molecule has 17 heavy (non-hydrogen) atoms. The summed E-state index contributed by atoms with van der Waals surface area (Å²) in [7, 11) is -4.21. The van der Waals surface area contributed by atoms with Crippen molar-refractivity contribution in [1.82, 2.24) is 9.38 Å². The topological polar surface area (TPSA) is 112 Å². The van der Waals surface area contributed by atoms with E-state index >= 15 is 0 Å². The Kier molecular flexibility index (Phi) is 2.74. The van der Waals surface area contributed by atoms with Gasteiger partial charge < -0.3 is 14.9 Å². The van der Waals surface area contributed by atoms with Crippen LogP contribution in [0.2, 0.25) is 0 Å². The molecule has 8 heteroatoms. The minimum atomic E-state index is -4.21. The second-order valence-electron chi connectivity index (χ2n) is 3.50. The molecule has 0 aromatic carbocycles. The van der Waals surface area contributed by atoms with Gasteiger partial charge in [0.25, 0.3) is 0 Å². The van der Waals surface area contributed by atoms with Gasteiger partial charge in [-0.15, -0.1) is 0 Å². The van der Waals surface area contributed by atoms with Crippen molar-refractivity contribution >= 4 is 19.2 Å². The van der Waals surface area contributed by atoms with Gasteiger partial charge in [0, 0.05) is 11.8 Å². The molecule has 0 aliphatic heterocycles. The highest BCUT2D eigenvalue weighted by molar-refractivity contribution is 7.50. The van der Waals surface area contributed by atoms with Gasteiger partial charge in [0.15, 0.2) is 5.69 Å². The van der Waals surface area contributed by atoms with Crippen molar-refractivity contribution in [2.75, 3.05) is 0 Å². The number of fused-ring (bicyclic) bond motifs is 1. The summed E-state index contributed by atoms with van der Waals surface area (Å²) in [5, 5.41) is 8.88. The zero-order chi connectivity index (χ0) is 12.6. The summed E-state index contributed by atoms with van der Waals surface area (Å²) >= 11 is 0. The Bertz CT molecular complexity index is 629. The summed E-state index contributed by atoms with van der Waals surface area (Å²) in [6, 6.07) is 3.03. The maximum Gasteiger partial charge on any atom is 0.354 e. The lowest BCUT2D eigenvalue weighted by Crippen LogP contribution is -2.02. The summed E-state index contributed by atoms with van der Waals surface area (Å²) in [5.74, 6) is -1.15. The first kappa shape index (κ1) is 11.8. The first-order chi connectivity index (χ1) is 7.88. The normalized spacial score (nSPS) is 11.9. The van der Waals surface area contributed by atoms with Gasteiger partial charge in [-0.2, -0.15) is 0 Å². The number of carboxylic acids is 1. The predicted octanol–water partition coefficient (Wildman–Crippen LogP) is 0.710. The minimum Gasteiger partial charge on any atom is -0.477 e. The Morgan fingerprint density at radius 1 is 1.47 bits per heavy atom. The number of nitrogens with zero attached hydrogens (tertiary/aromatic N) is 2. The second kappa shape index (κ2) is 3.96. The van der Waals surface area contributed by atoms with E-state index in [0.29, 0.717) is 5.56 Å². The van der Waals surface area contributed by atoms with E-state index in [1.165, 1.54) is 22.7 Å². The molecule has 0 amide bonds. The molecule has 7 nitrogen and oxygen atoms in total. The molecule has 0 bridgehead atoms. The van der Waals surface area contributed by atoms with Gasteiger partial charge >= 0.3 is 13.6 Å². The third-order valence-corrected chi connectivity index (χ3v) is 2.96. The Balaban J connectivity index is 2.60. The number of hydrogen-bond acceptors (Lipinski definition) is 3. The smallest absolute Gasteiger partial charge is 0.354 e. The molecule has 2 aromatic heterocycles. The quantitative estimate of drug-likeness (QED) is 0.697. The summed E-state index contributed by atoms with van der Waals surface area (Å²) in [5.41, 5.74) is 0.508. The molecule has 90 valence electrons. The molecule has 0 aliphatic carbocycles. The maximum absolute atomic E-state index is 10.9. The molecule has 0 aliphatic rings. The van der Waals surface area contributed by atoms with Crippen LogP contribution in [0.5, 0.6) is 0 Å². The number of carboxylic acid groups (broad SMARTS) is 1. The van der Waals surface area contributed by atoms with Gasteiger partial charge in [0.1, 0.15) is 5.65 Å². The molecule has 0 radical (unpaired) electrons. The van der Waals surface area contributed by atoms with E-state index < -0.39 is 19.7 Å². The van der Waals surface area contributed by atoms with Crippen molar-refractivity contribution in [3.8, 4) is 0 Å². The lowest BCUT2D eigenvalue weighted by Gasteiger charge is -2.05. The van der Waals surface area contributed by atoms with Gasteiger partial charge in [-0.25, -0.2) is 9.78 Å². The van der Waals surface area contributed by atoms with Crippen LogP contribution >= 0.6 is 7.60 Å². The third kappa shape index (κ3) is 2.36. The van der Waals surface area contributed by atoms with Crippen molar-refractivity contribution in [3.05, 3.63) is 35.8 Å². The number of pyridine rings is 1. The zero-order valence-electron chi connectivity index (χ0n) is 8.52. The van der Waals surface area contributed by atoms with Crippen molar-refractivity contribution in [2.24, 2.45) is 0 Å². The fraction of sp³-hybridized carbons (Fsp3) is 0.111. The van der Waals surface area contributed by atoms with E-state index in [2.05, 4.69) is 4.98 Å². The first-order valence-electron chi connectivity index (χ1n) is 4.61. The summed E-state index contributed by atoms with van der Waals surface area (Å²) in [6.45, 7) is 0. The number of carbonyl (C=O) groups is 1. The van der Waals surface area contributed by atoms with Crippen LogP contribution in [0, 0.1) is 0 Å². The Labute approximate surface area is 95.5 Å². The number of aromatic carboxylic acids is 1. The van der Waals surface area contributed by atoms with E-state index in [1.807, 2.05) is 0 Å². The van der Waals surface area contributed by atoms with Crippen molar-refractivity contribution in [3.63, 3.8) is 0 Å². The monoisotopic (exact) mass is 256 g/mol. The van der Waals surface area contributed by atoms with Crippen molar-refractivity contribution < 1.29 is 24.3 Å². The van der Waals surface area contributed by atoms with Crippen LogP contribution < -0.4 is 0 Å². The van der Waals surface area contributed by atoms with Crippen LogP contribution in [0.3, 0.4) is 0 Å². The largest absolute Gasteiger partial charge is 0.477 e. The molecule has 0 unspecified atom stereocenters. The van der Waals surface area contributed by atoms with Gasteiger partial charge in [-0.05, 0) is 6.07 Å². The molecule has 0 fully saturated rings. The third-order valence-electron chi connectivity index (χ3n) is 2.21. The van der Waals surface area contributed by atoms with Crippen LogP contribution in [-0.2, 0) is 10.7 Å². The van der Waals surface area contributed by atoms with Gasteiger partial charge in [-0.3, -0.25) is 8.97 Å². The van der Waals surface area contributed by atoms with Crippen molar-refractivity contribution in [1.29, 1.82) is 0 Å². The minimum absolute atomic E-state index is 0.0486. The highest BCUT2D eigenvalue weighted by Gasteiger charge is 2.19. The molecule has 0 saturated carbocycles. The van der Waals surface area contributed by atoms with E-state index in [9.17, 15) is 9.36 Å². The van der Waals surface area contributed by atoms with Gasteiger partial charge in [0.2, 0.25) is 0 Å². The lowest BCUT2D eigenvalue weighted by molar-refractivity contribution is 0.0689. The Morgan fingerprint density at radius 3 is 2.76 bits per heavy atom. The number of aromatic nitrogens is 2. The molecular weight excluding hydrogens is 247 g/mol. The first-order valence-corrected chi connectivity index (χ1v) is 6.41. The SMILES string of the molecule is O=C(O)c1cnc2c(CP(=O)(O)O)cccn12. The summed E-state index contributed by atoms with van der Waals surface area (Å²) in [4.78, 5) is 32.5. The highest BCUT2D eigenvalue weighted by Crippen LogP contribution is 2.39. The van der Waals surface area contributed by atoms with E-state index in [4.69, 9.17) is 14.9 Å². The molecule has 2 heterocycles. The molecular formula is C9H9N2O5P. The van der Waals surface area contributed by atoms with Crippen LogP contribution in [0.1, 0.15) is 16.1 Å². The molecule has 2 rings (SSSR count). The van der Waals surface area contributed by atoms with E-state index in [-0.39, 0.29) is 11.3 Å². The van der Waals surface area contributed by atoms with E-state index in [1.54, 1.807) is 0 Å². The van der Waals surface area contributed by atoms with Crippen LogP contribution in [0.4, 0.5) is 0 Å². The van der Waals surface area contributed by atoms with Crippen molar-refractivity contribution in [2.45, 2.75) is 6.16 Å². The molecule has 3 N–H and O–H groups in total. The average Bonchev–Trinajstić information content (AvgIpc) is 2.59. The highest BCUT2D eigenvalue weighted by atomic mass is 31.2.